The lowest BCUT2D eigenvalue weighted by atomic mass is 9.93. The molecule has 0 unspecified atom stereocenters. The Kier molecular flexibility index (Phi) is 7.06. The van der Waals surface area contributed by atoms with Crippen LogP contribution in [0.5, 0.6) is 0 Å². The normalized spacial score (nSPS) is 11.8. The molecule has 0 amide bonds. The number of esters is 1. The first-order valence-corrected chi connectivity index (χ1v) is 7.56. The van der Waals surface area contributed by atoms with E-state index in [1.807, 2.05) is 6.92 Å². The number of allylic oxidation sites excluding steroid dienone is 1. The maximum atomic E-state index is 11.6. The number of benzene rings is 1. The molecule has 1 aromatic carbocycles. The summed E-state index contributed by atoms with van der Waals surface area (Å²) >= 11 is 0. The van der Waals surface area contributed by atoms with Gasteiger partial charge in [-0.25, -0.2) is 4.79 Å². The average Bonchev–Trinajstić information content (AvgIpc) is 2.43. The van der Waals surface area contributed by atoms with Crippen LogP contribution in [-0.2, 0) is 16.0 Å². The second-order valence-electron chi connectivity index (χ2n) is 5.31. The van der Waals surface area contributed by atoms with E-state index in [2.05, 4.69) is 45.0 Å². The SMILES string of the molecule is CCCCc1ccc(C(=CC(=O)OCC)C(C)C)cc1. The van der Waals surface area contributed by atoms with Gasteiger partial charge in [-0.05, 0) is 42.4 Å². The van der Waals surface area contributed by atoms with E-state index in [0.29, 0.717) is 12.5 Å². The van der Waals surface area contributed by atoms with Crippen molar-refractivity contribution < 1.29 is 9.53 Å². The second kappa shape index (κ2) is 8.57. The Morgan fingerprint density at radius 3 is 2.35 bits per heavy atom. The van der Waals surface area contributed by atoms with E-state index >= 15 is 0 Å². The summed E-state index contributed by atoms with van der Waals surface area (Å²) in [6, 6.07) is 8.53. The fourth-order valence-corrected chi connectivity index (χ4v) is 2.14. The summed E-state index contributed by atoms with van der Waals surface area (Å²) < 4.78 is 5.01. The van der Waals surface area contributed by atoms with Gasteiger partial charge in [-0.1, -0.05) is 51.5 Å². The van der Waals surface area contributed by atoms with Crippen molar-refractivity contribution in [2.24, 2.45) is 5.92 Å². The molecule has 20 heavy (non-hydrogen) atoms. The molecular formula is C18H26O2. The standard InChI is InChI=1S/C18H26O2/c1-5-7-8-15-9-11-16(12-10-15)17(14(3)4)13-18(19)20-6-2/h9-14H,5-8H2,1-4H3. The second-order valence-corrected chi connectivity index (χ2v) is 5.31. The molecule has 0 saturated carbocycles. The van der Waals surface area contributed by atoms with Crippen LogP contribution in [0.4, 0.5) is 0 Å². The summed E-state index contributed by atoms with van der Waals surface area (Å²) in [5.41, 5.74) is 3.49. The van der Waals surface area contributed by atoms with Crippen LogP contribution in [0.1, 0.15) is 51.7 Å². The third kappa shape index (κ3) is 5.20. The molecule has 0 aliphatic heterocycles. The van der Waals surface area contributed by atoms with E-state index in [1.54, 1.807) is 6.08 Å². The number of aryl methyl sites for hydroxylation is 1. The maximum absolute atomic E-state index is 11.6. The van der Waals surface area contributed by atoms with Gasteiger partial charge in [-0.2, -0.15) is 0 Å². The van der Waals surface area contributed by atoms with Crippen LogP contribution in [0.15, 0.2) is 30.3 Å². The van der Waals surface area contributed by atoms with Crippen molar-refractivity contribution in [3.8, 4) is 0 Å². The Balaban J connectivity index is 2.90. The van der Waals surface area contributed by atoms with E-state index in [9.17, 15) is 4.79 Å². The van der Waals surface area contributed by atoms with Crippen molar-refractivity contribution in [2.45, 2.75) is 47.0 Å². The first kappa shape index (κ1) is 16.5. The van der Waals surface area contributed by atoms with Crippen LogP contribution in [-0.4, -0.2) is 12.6 Å². The minimum absolute atomic E-state index is 0.258. The molecule has 0 aliphatic rings. The van der Waals surface area contributed by atoms with Gasteiger partial charge in [-0.15, -0.1) is 0 Å². The zero-order valence-corrected chi connectivity index (χ0v) is 13.1. The predicted molar refractivity (Wildman–Crippen MR) is 84.5 cm³/mol. The molecule has 1 aromatic rings. The Morgan fingerprint density at radius 2 is 1.85 bits per heavy atom. The number of rotatable bonds is 7. The fourth-order valence-electron chi connectivity index (χ4n) is 2.14. The van der Waals surface area contributed by atoms with E-state index in [1.165, 1.54) is 18.4 Å². The third-order valence-corrected chi connectivity index (χ3v) is 3.29. The van der Waals surface area contributed by atoms with Crippen LogP contribution >= 0.6 is 0 Å². The van der Waals surface area contributed by atoms with Gasteiger partial charge in [0.15, 0.2) is 0 Å². The van der Waals surface area contributed by atoms with Crippen LogP contribution in [0.2, 0.25) is 0 Å². The van der Waals surface area contributed by atoms with Crippen LogP contribution < -0.4 is 0 Å². The zero-order valence-electron chi connectivity index (χ0n) is 13.1. The van der Waals surface area contributed by atoms with Crippen molar-refractivity contribution in [3.63, 3.8) is 0 Å². The molecule has 0 fully saturated rings. The summed E-state index contributed by atoms with van der Waals surface area (Å²) in [4.78, 5) is 11.6. The van der Waals surface area contributed by atoms with Crippen molar-refractivity contribution in [1.82, 2.24) is 0 Å². The van der Waals surface area contributed by atoms with Gasteiger partial charge in [0.1, 0.15) is 0 Å². The largest absolute Gasteiger partial charge is 0.463 e. The van der Waals surface area contributed by atoms with Crippen molar-refractivity contribution in [2.75, 3.05) is 6.61 Å². The highest BCUT2D eigenvalue weighted by molar-refractivity contribution is 5.91. The molecular weight excluding hydrogens is 248 g/mol. The fraction of sp³-hybridized carbons (Fsp3) is 0.500. The number of unbranched alkanes of at least 4 members (excludes halogenated alkanes) is 1. The van der Waals surface area contributed by atoms with Gasteiger partial charge in [0.25, 0.3) is 0 Å². The topological polar surface area (TPSA) is 26.3 Å². The van der Waals surface area contributed by atoms with Crippen LogP contribution in [0.25, 0.3) is 5.57 Å². The Bertz CT molecular complexity index is 441. The van der Waals surface area contributed by atoms with Crippen LogP contribution in [0.3, 0.4) is 0 Å². The highest BCUT2D eigenvalue weighted by Gasteiger charge is 2.09. The smallest absolute Gasteiger partial charge is 0.331 e. The monoisotopic (exact) mass is 274 g/mol. The first-order chi connectivity index (χ1) is 9.58. The van der Waals surface area contributed by atoms with Gasteiger partial charge in [0.2, 0.25) is 0 Å². The van der Waals surface area contributed by atoms with Crippen LogP contribution in [0, 0.1) is 5.92 Å². The minimum Gasteiger partial charge on any atom is -0.463 e. The Labute approximate surface area is 122 Å². The third-order valence-electron chi connectivity index (χ3n) is 3.29. The summed E-state index contributed by atoms with van der Waals surface area (Å²) in [5, 5.41) is 0. The van der Waals surface area contributed by atoms with Gasteiger partial charge < -0.3 is 4.74 Å². The number of hydrogen-bond donors (Lipinski definition) is 0. The molecule has 2 nitrogen and oxygen atoms in total. The summed E-state index contributed by atoms with van der Waals surface area (Å²) in [5.74, 6) is 0.0344. The zero-order chi connectivity index (χ0) is 15.0. The molecule has 0 radical (unpaired) electrons. The number of ether oxygens (including phenoxy) is 1. The van der Waals surface area contributed by atoms with E-state index in [-0.39, 0.29) is 5.97 Å². The molecule has 0 saturated heterocycles. The molecule has 0 aromatic heterocycles. The lowest BCUT2D eigenvalue weighted by Gasteiger charge is -2.12. The highest BCUT2D eigenvalue weighted by Crippen LogP contribution is 2.24. The predicted octanol–water partition coefficient (Wildman–Crippen LogP) is 4.63. The molecule has 0 bridgehead atoms. The molecule has 0 heterocycles. The van der Waals surface area contributed by atoms with Crippen molar-refractivity contribution in [1.29, 1.82) is 0 Å². The Hall–Kier alpha value is -1.57. The first-order valence-electron chi connectivity index (χ1n) is 7.56. The Morgan fingerprint density at radius 1 is 1.20 bits per heavy atom. The summed E-state index contributed by atoms with van der Waals surface area (Å²) in [7, 11) is 0. The van der Waals surface area contributed by atoms with E-state index < -0.39 is 0 Å². The number of hydrogen-bond acceptors (Lipinski definition) is 2. The lowest BCUT2D eigenvalue weighted by molar-refractivity contribution is -0.137. The quantitative estimate of drug-likeness (QED) is 0.535. The van der Waals surface area contributed by atoms with E-state index in [0.717, 1.165) is 17.6 Å². The van der Waals surface area contributed by atoms with Gasteiger partial charge >= 0.3 is 5.97 Å². The van der Waals surface area contributed by atoms with Gasteiger partial charge in [0, 0.05) is 6.08 Å². The molecule has 0 spiro atoms. The number of carbonyl (C=O) groups is 1. The van der Waals surface area contributed by atoms with Crippen molar-refractivity contribution >= 4 is 11.5 Å². The molecule has 0 N–H and O–H groups in total. The average molecular weight is 274 g/mol. The minimum atomic E-state index is -0.258. The maximum Gasteiger partial charge on any atom is 0.331 e. The van der Waals surface area contributed by atoms with Crippen molar-refractivity contribution in [3.05, 3.63) is 41.5 Å². The summed E-state index contributed by atoms with van der Waals surface area (Å²) in [6.07, 6.45) is 5.17. The molecule has 2 heteroatoms. The molecule has 0 aliphatic carbocycles. The molecule has 1 rings (SSSR count). The molecule has 0 atom stereocenters. The van der Waals surface area contributed by atoms with E-state index in [4.69, 9.17) is 4.74 Å². The number of carbonyl (C=O) groups excluding carboxylic acids is 1. The van der Waals surface area contributed by atoms with Gasteiger partial charge in [-0.3, -0.25) is 0 Å². The molecule has 110 valence electrons. The summed E-state index contributed by atoms with van der Waals surface area (Å²) in [6.45, 7) is 8.62. The highest BCUT2D eigenvalue weighted by atomic mass is 16.5. The van der Waals surface area contributed by atoms with Gasteiger partial charge in [0.05, 0.1) is 6.61 Å². The lowest BCUT2D eigenvalue weighted by Crippen LogP contribution is -2.04.